The van der Waals surface area contributed by atoms with Crippen molar-refractivity contribution in [2.24, 2.45) is 0 Å². The summed E-state index contributed by atoms with van der Waals surface area (Å²) in [5.74, 6) is 0.0537. The average Bonchev–Trinajstić information content (AvgIpc) is 2.69. The van der Waals surface area contributed by atoms with E-state index in [1.807, 2.05) is 17.0 Å². The molecule has 1 heterocycles. The van der Waals surface area contributed by atoms with Crippen molar-refractivity contribution in [2.45, 2.75) is 25.7 Å². The minimum absolute atomic E-state index is 0.0537. The third kappa shape index (κ3) is 3.99. The van der Waals surface area contributed by atoms with Crippen LogP contribution in [-0.2, 0) is 4.79 Å². The highest BCUT2D eigenvalue weighted by Gasteiger charge is 2.12. The van der Waals surface area contributed by atoms with E-state index in [2.05, 4.69) is 0 Å². The fourth-order valence-corrected chi connectivity index (χ4v) is 2.58. The van der Waals surface area contributed by atoms with Gasteiger partial charge in [0.15, 0.2) is 0 Å². The minimum atomic E-state index is 0.0537. The highest BCUT2D eigenvalue weighted by Crippen LogP contribution is 2.26. The van der Waals surface area contributed by atoms with Crippen molar-refractivity contribution in [1.82, 2.24) is 4.90 Å². The van der Waals surface area contributed by atoms with Crippen LogP contribution in [0.25, 0.3) is 6.08 Å². The van der Waals surface area contributed by atoms with Crippen LogP contribution in [0.5, 0.6) is 0 Å². The van der Waals surface area contributed by atoms with Crippen molar-refractivity contribution in [3.8, 4) is 0 Å². The number of halogens is 2. The lowest BCUT2D eigenvalue weighted by Gasteiger charge is -2.18. The van der Waals surface area contributed by atoms with Crippen molar-refractivity contribution in [1.29, 1.82) is 0 Å². The molecule has 2 rings (SSSR count). The first kappa shape index (κ1) is 14.4. The zero-order valence-corrected chi connectivity index (χ0v) is 12.3. The summed E-state index contributed by atoms with van der Waals surface area (Å²) in [7, 11) is 0. The highest BCUT2D eigenvalue weighted by atomic mass is 35.5. The number of carbonyl (C=O) groups excluding carboxylic acids is 1. The normalized spacial score (nSPS) is 16.6. The molecule has 0 radical (unpaired) electrons. The van der Waals surface area contributed by atoms with Crippen LogP contribution in [0.1, 0.15) is 31.2 Å². The maximum atomic E-state index is 12.1. The first-order chi connectivity index (χ1) is 9.18. The highest BCUT2D eigenvalue weighted by molar-refractivity contribution is 6.42. The predicted molar refractivity (Wildman–Crippen MR) is 80.5 cm³/mol. The Morgan fingerprint density at radius 3 is 2.47 bits per heavy atom. The van der Waals surface area contributed by atoms with Crippen LogP contribution in [0.3, 0.4) is 0 Å². The number of benzene rings is 1. The number of likely N-dealkylation sites (tertiary alicyclic amines) is 1. The van der Waals surface area contributed by atoms with Gasteiger partial charge < -0.3 is 4.90 Å². The Balaban J connectivity index is 2.05. The van der Waals surface area contributed by atoms with Gasteiger partial charge in [-0.3, -0.25) is 4.79 Å². The second kappa shape index (κ2) is 6.97. The molecular weight excluding hydrogens is 281 g/mol. The Hall–Kier alpha value is -0.990. The van der Waals surface area contributed by atoms with Gasteiger partial charge in [-0.1, -0.05) is 48.2 Å². The standard InChI is InChI=1S/C15H17Cl2NO/c16-13-7-5-6-12(15(13)17)8-9-14(19)18-10-3-1-2-4-11-18/h5-9H,1-4,10-11H2. The van der Waals surface area contributed by atoms with Gasteiger partial charge in [0.05, 0.1) is 10.0 Å². The van der Waals surface area contributed by atoms with Gasteiger partial charge in [-0.05, 0) is 30.5 Å². The van der Waals surface area contributed by atoms with Gasteiger partial charge in [-0.15, -0.1) is 0 Å². The number of amides is 1. The first-order valence-corrected chi connectivity index (χ1v) is 7.35. The molecule has 0 saturated carbocycles. The smallest absolute Gasteiger partial charge is 0.246 e. The quantitative estimate of drug-likeness (QED) is 0.741. The van der Waals surface area contributed by atoms with E-state index in [0.717, 1.165) is 31.5 Å². The maximum absolute atomic E-state index is 12.1. The third-order valence-corrected chi connectivity index (χ3v) is 4.14. The summed E-state index contributed by atoms with van der Waals surface area (Å²) < 4.78 is 0. The molecule has 0 N–H and O–H groups in total. The van der Waals surface area contributed by atoms with E-state index in [0.29, 0.717) is 10.0 Å². The number of carbonyl (C=O) groups is 1. The van der Waals surface area contributed by atoms with Gasteiger partial charge in [0, 0.05) is 19.2 Å². The van der Waals surface area contributed by atoms with Crippen LogP contribution < -0.4 is 0 Å². The molecule has 1 fully saturated rings. The number of hydrogen-bond donors (Lipinski definition) is 0. The summed E-state index contributed by atoms with van der Waals surface area (Å²) in [5, 5.41) is 0.995. The molecule has 1 aliphatic heterocycles. The molecule has 0 unspecified atom stereocenters. The van der Waals surface area contributed by atoms with Gasteiger partial charge in [0.2, 0.25) is 5.91 Å². The van der Waals surface area contributed by atoms with E-state index in [-0.39, 0.29) is 5.91 Å². The summed E-state index contributed by atoms with van der Waals surface area (Å²) in [5.41, 5.74) is 0.775. The molecule has 0 aromatic heterocycles. The number of rotatable bonds is 2. The molecule has 1 saturated heterocycles. The summed E-state index contributed by atoms with van der Waals surface area (Å²) >= 11 is 12.0. The molecule has 1 aromatic rings. The van der Waals surface area contributed by atoms with Crippen molar-refractivity contribution in [2.75, 3.05) is 13.1 Å². The Kier molecular flexibility index (Phi) is 5.29. The zero-order valence-electron chi connectivity index (χ0n) is 10.7. The van der Waals surface area contributed by atoms with E-state index in [1.54, 1.807) is 18.2 Å². The van der Waals surface area contributed by atoms with E-state index < -0.39 is 0 Å². The average molecular weight is 298 g/mol. The van der Waals surface area contributed by atoms with Crippen molar-refractivity contribution in [3.63, 3.8) is 0 Å². The largest absolute Gasteiger partial charge is 0.339 e. The molecule has 1 aliphatic rings. The van der Waals surface area contributed by atoms with Crippen molar-refractivity contribution < 1.29 is 4.79 Å². The monoisotopic (exact) mass is 297 g/mol. The molecule has 0 bridgehead atoms. The van der Waals surface area contributed by atoms with Crippen LogP contribution in [0.2, 0.25) is 10.0 Å². The summed E-state index contributed by atoms with van der Waals surface area (Å²) in [6, 6.07) is 5.41. The Bertz CT molecular complexity index is 477. The van der Waals surface area contributed by atoms with E-state index in [9.17, 15) is 4.79 Å². The molecule has 1 amide bonds. The molecule has 2 nitrogen and oxygen atoms in total. The third-order valence-electron chi connectivity index (χ3n) is 3.30. The van der Waals surface area contributed by atoms with Gasteiger partial charge in [-0.25, -0.2) is 0 Å². The molecule has 4 heteroatoms. The van der Waals surface area contributed by atoms with E-state index >= 15 is 0 Å². The molecule has 19 heavy (non-hydrogen) atoms. The SMILES string of the molecule is O=C(C=Cc1cccc(Cl)c1Cl)N1CCCCCC1. The van der Waals surface area contributed by atoms with Crippen LogP contribution in [-0.4, -0.2) is 23.9 Å². The predicted octanol–water partition coefficient (Wildman–Crippen LogP) is 4.41. The second-order valence-electron chi connectivity index (χ2n) is 4.72. The molecule has 0 spiro atoms. The Morgan fingerprint density at radius 1 is 1.11 bits per heavy atom. The fourth-order valence-electron chi connectivity index (χ4n) is 2.21. The molecule has 102 valence electrons. The van der Waals surface area contributed by atoms with Gasteiger partial charge >= 0.3 is 0 Å². The van der Waals surface area contributed by atoms with Crippen molar-refractivity contribution >= 4 is 35.2 Å². The summed E-state index contributed by atoms with van der Waals surface area (Å²) in [6.45, 7) is 1.71. The Morgan fingerprint density at radius 2 is 1.79 bits per heavy atom. The van der Waals surface area contributed by atoms with Crippen molar-refractivity contribution in [3.05, 3.63) is 39.9 Å². The zero-order chi connectivity index (χ0) is 13.7. The lowest BCUT2D eigenvalue weighted by atomic mass is 10.2. The lowest BCUT2D eigenvalue weighted by Crippen LogP contribution is -2.30. The minimum Gasteiger partial charge on any atom is -0.339 e. The van der Waals surface area contributed by atoms with Crippen LogP contribution in [0, 0.1) is 0 Å². The van der Waals surface area contributed by atoms with E-state index in [1.165, 1.54) is 12.8 Å². The maximum Gasteiger partial charge on any atom is 0.246 e. The number of nitrogens with zero attached hydrogens (tertiary/aromatic N) is 1. The second-order valence-corrected chi connectivity index (χ2v) is 5.50. The molecule has 0 atom stereocenters. The molecule has 1 aromatic carbocycles. The molecule has 0 aliphatic carbocycles. The van der Waals surface area contributed by atoms with Gasteiger partial charge in [-0.2, -0.15) is 0 Å². The van der Waals surface area contributed by atoms with Crippen LogP contribution >= 0.6 is 23.2 Å². The first-order valence-electron chi connectivity index (χ1n) is 6.59. The van der Waals surface area contributed by atoms with Crippen LogP contribution in [0.15, 0.2) is 24.3 Å². The van der Waals surface area contributed by atoms with E-state index in [4.69, 9.17) is 23.2 Å². The fraction of sp³-hybridized carbons (Fsp3) is 0.400. The summed E-state index contributed by atoms with van der Waals surface area (Å²) in [4.78, 5) is 14.0. The van der Waals surface area contributed by atoms with Crippen LogP contribution in [0.4, 0.5) is 0 Å². The Labute approximate surface area is 124 Å². The lowest BCUT2D eigenvalue weighted by molar-refractivity contribution is -0.125. The topological polar surface area (TPSA) is 20.3 Å². The van der Waals surface area contributed by atoms with Gasteiger partial charge in [0.25, 0.3) is 0 Å². The molecular formula is C15H17Cl2NO. The summed E-state index contributed by atoms with van der Waals surface area (Å²) in [6.07, 6.45) is 7.94. The van der Waals surface area contributed by atoms with Gasteiger partial charge in [0.1, 0.15) is 0 Å². The number of hydrogen-bond acceptors (Lipinski definition) is 1.